The molecule has 2 N–H and O–H groups in total. The second-order valence-corrected chi connectivity index (χ2v) is 5.94. The number of nitrogens with zero attached hydrogens (tertiary/aromatic N) is 1. The molecule has 5 nitrogen and oxygen atoms in total. The summed E-state index contributed by atoms with van der Waals surface area (Å²) in [7, 11) is 0. The van der Waals surface area contributed by atoms with Gasteiger partial charge in [-0.2, -0.15) is 11.8 Å². The summed E-state index contributed by atoms with van der Waals surface area (Å²) >= 11 is 7.44. The second-order valence-electron chi connectivity index (χ2n) is 4.57. The first-order valence-corrected chi connectivity index (χ1v) is 8.44. The smallest absolute Gasteiger partial charge is 0.326 e. The van der Waals surface area contributed by atoms with E-state index in [4.69, 9.17) is 16.7 Å². The molecule has 0 saturated heterocycles. The minimum Gasteiger partial charge on any atom is -0.480 e. The zero-order chi connectivity index (χ0) is 15.8. The molecule has 0 spiro atoms. The predicted octanol–water partition coefficient (Wildman–Crippen LogP) is 2.62. The van der Waals surface area contributed by atoms with Crippen molar-refractivity contribution in [3.8, 4) is 0 Å². The highest BCUT2D eigenvalue weighted by Crippen LogP contribution is 2.13. The fraction of sp³-hybridized carbons (Fsp3) is 0.500. The van der Waals surface area contributed by atoms with Crippen molar-refractivity contribution in [2.75, 3.05) is 12.0 Å². The Labute approximate surface area is 133 Å². The lowest BCUT2D eigenvalue weighted by Crippen LogP contribution is -2.41. The number of rotatable bonds is 8. The lowest BCUT2D eigenvalue weighted by Gasteiger charge is -2.14. The van der Waals surface area contributed by atoms with Gasteiger partial charge in [0, 0.05) is 11.3 Å². The van der Waals surface area contributed by atoms with Gasteiger partial charge in [-0.05, 0) is 37.0 Å². The Morgan fingerprint density at radius 1 is 1.48 bits per heavy atom. The molecule has 1 aromatic rings. The Morgan fingerprint density at radius 3 is 2.76 bits per heavy atom. The van der Waals surface area contributed by atoms with Crippen molar-refractivity contribution in [1.82, 2.24) is 10.3 Å². The Hall–Kier alpha value is -1.27. The van der Waals surface area contributed by atoms with Crippen LogP contribution in [-0.2, 0) is 11.2 Å². The van der Waals surface area contributed by atoms with Crippen LogP contribution in [0.2, 0.25) is 5.15 Å². The maximum Gasteiger partial charge on any atom is 0.326 e. The molecule has 0 aromatic carbocycles. The molecule has 0 fully saturated rings. The van der Waals surface area contributed by atoms with Crippen LogP contribution in [0, 0.1) is 0 Å². The maximum atomic E-state index is 12.2. The van der Waals surface area contributed by atoms with Crippen molar-refractivity contribution >= 4 is 35.2 Å². The molecule has 1 atom stereocenters. The Balaban J connectivity index is 2.84. The number of nitrogens with one attached hydrogen (secondary N) is 1. The summed E-state index contributed by atoms with van der Waals surface area (Å²) in [6.45, 7) is 2.01. The molecular formula is C14H19ClN2O3S. The highest BCUT2D eigenvalue weighted by molar-refractivity contribution is 7.98. The van der Waals surface area contributed by atoms with E-state index >= 15 is 0 Å². The summed E-state index contributed by atoms with van der Waals surface area (Å²) in [5.74, 6) is -0.813. The zero-order valence-electron chi connectivity index (χ0n) is 12.1. The fourth-order valence-electron chi connectivity index (χ4n) is 1.80. The average Bonchev–Trinajstić information content (AvgIpc) is 2.42. The van der Waals surface area contributed by atoms with Crippen LogP contribution in [0.1, 0.15) is 35.8 Å². The number of aromatic nitrogens is 1. The van der Waals surface area contributed by atoms with E-state index in [1.54, 1.807) is 6.07 Å². The average molecular weight is 331 g/mol. The molecule has 0 bridgehead atoms. The highest BCUT2D eigenvalue weighted by atomic mass is 35.5. The van der Waals surface area contributed by atoms with E-state index in [9.17, 15) is 9.59 Å². The topological polar surface area (TPSA) is 79.3 Å². The normalized spacial score (nSPS) is 12.0. The second kappa shape index (κ2) is 8.89. The van der Waals surface area contributed by atoms with Crippen LogP contribution in [0.25, 0.3) is 0 Å². The van der Waals surface area contributed by atoms with E-state index in [1.165, 1.54) is 17.8 Å². The fourth-order valence-corrected chi connectivity index (χ4v) is 2.50. The predicted molar refractivity (Wildman–Crippen MR) is 85.1 cm³/mol. The molecule has 0 radical (unpaired) electrons. The van der Waals surface area contributed by atoms with Crippen LogP contribution < -0.4 is 5.32 Å². The van der Waals surface area contributed by atoms with E-state index in [1.807, 2.05) is 13.2 Å². The van der Waals surface area contributed by atoms with Gasteiger partial charge >= 0.3 is 5.97 Å². The largest absolute Gasteiger partial charge is 0.480 e. The molecule has 1 heterocycles. The van der Waals surface area contributed by atoms with E-state index in [0.29, 0.717) is 17.7 Å². The third kappa shape index (κ3) is 5.93. The number of halogens is 1. The third-order valence-corrected chi connectivity index (χ3v) is 3.67. The summed E-state index contributed by atoms with van der Waals surface area (Å²) < 4.78 is 0. The number of carbonyl (C=O) groups excluding carboxylic acids is 1. The lowest BCUT2D eigenvalue weighted by atomic mass is 10.1. The van der Waals surface area contributed by atoms with Gasteiger partial charge in [-0.3, -0.25) is 4.79 Å². The number of hydrogen-bond donors (Lipinski definition) is 2. The van der Waals surface area contributed by atoms with Crippen LogP contribution in [0.5, 0.6) is 0 Å². The van der Waals surface area contributed by atoms with Crippen LogP contribution in [0.3, 0.4) is 0 Å². The molecule has 1 aromatic heterocycles. The third-order valence-electron chi connectivity index (χ3n) is 2.83. The minimum atomic E-state index is -1.04. The number of carboxylic acid groups (broad SMARTS) is 1. The van der Waals surface area contributed by atoms with Crippen molar-refractivity contribution in [3.05, 3.63) is 28.5 Å². The molecule has 7 heteroatoms. The number of carboxylic acids is 1. The molecule has 1 amide bonds. The highest BCUT2D eigenvalue weighted by Gasteiger charge is 2.20. The SMILES string of the molecule is CCCc1cc(C(=O)N[C@H](CCSC)C(=O)O)cc(Cl)n1. The van der Waals surface area contributed by atoms with Gasteiger partial charge in [0.25, 0.3) is 5.91 Å². The van der Waals surface area contributed by atoms with Gasteiger partial charge in [0.2, 0.25) is 0 Å². The number of hydrogen-bond acceptors (Lipinski definition) is 4. The van der Waals surface area contributed by atoms with Crippen molar-refractivity contribution < 1.29 is 14.7 Å². The molecule has 116 valence electrons. The van der Waals surface area contributed by atoms with Crippen molar-refractivity contribution in [2.24, 2.45) is 0 Å². The maximum absolute atomic E-state index is 12.2. The molecule has 21 heavy (non-hydrogen) atoms. The first-order chi connectivity index (χ1) is 9.97. The number of amides is 1. The molecule has 0 aliphatic heterocycles. The van der Waals surface area contributed by atoms with Crippen LogP contribution in [-0.4, -0.2) is 40.0 Å². The summed E-state index contributed by atoms with van der Waals surface area (Å²) in [5.41, 5.74) is 1.07. The zero-order valence-corrected chi connectivity index (χ0v) is 13.6. The van der Waals surface area contributed by atoms with Gasteiger partial charge in [-0.25, -0.2) is 9.78 Å². The Kier molecular flexibility index (Phi) is 7.53. The van der Waals surface area contributed by atoms with Crippen LogP contribution >= 0.6 is 23.4 Å². The Morgan fingerprint density at radius 2 is 2.19 bits per heavy atom. The number of pyridine rings is 1. The van der Waals surface area contributed by atoms with Gasteiger partial charge in [-0.1, -0.05) is 24.9 Å². The molecule has 0 saturated carbocycles. The van der Waals surface area contributed by atoms with Gasteiger partial charge in [-0.15, -0.1) is 0 Å². The monoisotopic (exact) mass is 330 g/mol. The van der Waals surface area contributed by atoms with Crippen LogP contribution in [0.4, 0.5) is 0 Å². The lowest BCUT2D eigenvalue weighted by molar-refractivity contribution is -0.139. The first-order valence-electron chi connectivity index (χ1n) is 6.67. The van der Waals surface area contributed by atoms with Gasteiger partial charge < -0.3 is 10.4 Å². The first kappa shape index (κ1) is 17.8. The Bertz CT molecular complexity index is 511. The molecular weight excluding hydrogens is 312 g/mol. The number of aliphatic carboxylic acids is 1. The van der Waals surface area contributed by atoms with E-state index in [2.05, 4.69) is 10.3 Å². The van der Waals surface area contributed by atoms with Crippen molar-refractivity contribution in [2.45, 2.75) is 32.2 Å². The van der Waals surface area contributed by atoms with Gasteiger partial charge in [0.05, 0.1) is 0 Å². The summed E-state index contributed by atoms with van der Waals surface area (Å²) in [5, 5.41) is 11.9. The van der Waals surface area contributed by atoms with Gasteiger partial charge in [0.1, 0.15) is 11.2 Å². The molecule has 0 aliphatic carbocycles. The number of thioether (sulfide) groups is 1. The molecule has 1 rings (SSSR count). The van der Waals surface area contributed by atoms with Crippen molar-refractivity contribution in [1.29, 1.82) is 0 Å². The van der Waals surface area contributed by atoms with Crippen LogP contribution in [0.15, 0.2) is 12.1 Å². The van der Waals surface area contributed by atoms with Crippen molar-refractivity contribution in [3.63, 3.8) is 0 Å². The minimum absolute atomic E-state index is 0.238. The quantitative estimate of drug-likeness (QED) is 0.716. The molecule has 0 aliphatic rings. The van der Waals surface area contributed by atoms with E-state index in [-0.39, 0.29) is 5.15 Å². The van der Waals surface area contributed by atoms with E-state index < -0.39 is 17.9 Å². The number of carbonyl (C=O) groups is 2. The summed E-state index contributed by atoms with van der Waals surface area (Å²) in [6.07, 6.45) is 3.87. The number of aryl methyl sites for hydroxylation is 1. The summed E-state index contributed by atoms with van der Waals surface area (Å²) in [4.78, 5) is 27.4. The standard InChI is InChI=1S/C14H19ClN2O3S/c1-3-4-10-7-9(8-12(15)16-10)13(18)17-11(14(19)20)5-6-21-2/h7-8,11H,3-6H2,1-2H3,(H,17,18)(H,19,20)/t11-/m1/s1. The molecule has 0 unspecified atom stereocenters. The van der Waals surface area contributed by atoms with Gasteiger partial charge in [0.15, 0.2) is 0 Å². The van der Waals surface area contributed by atoms with E-state index in [0.717, 1.165) is 18.5 Å². The summed E-state index contributed by atoms with van der Waals surface area (Å²) in [6, 6.07) is 2.20.